The molecule has 0 spiro atoms. The van der Waals surface area contributed by atoms with Crippen molar-refractivity contribution in [2.45, 2.75) is 50.0 Å². The summed E-state index contributed by atoms with van der Waals surface area (Å²) in [5.74, 6) is 1.91. The highest BCUT2D eigenvalue weighted by atomic mass is 32.2. The molecule has 3 nitrogen and oxygen atoms in total. The Morgan fingerprint density at radius 1 is 1.05 bits per heavy atom. The van der Waals surface area contributed by atoms with Crippen LogP contribution in [0.5, 0.6) is 0 Å². The maximum absolute atomic E-state index is 4.74. The zero-order valence-electron chi connectivity index (χ0n) is 13.0. The molecule has 0 aliphatic rings. The molecule has 112 valence electrons. The number of anilines is 1. The molecule has 0 atom stereocenters. The predicted molar refractivity (Wildman–Crippen MR) is 90.1 cm³/mol. The average molecular weight is 301 g/mol. The van der Waals surface area contributed by atoms with Gasteiger partial charge in [0.2, 0.25) is 0 Å². The second-order valence-corrected chi connectivity index (χ2v) is 6.07. The number of nitrogens with one attached hydrogen (secondary N) is 1. The Morgan fingerprint density at radius 2 is 1.81 bits per heavy atom. The molecular weight excluding hydrogens is 278 g/mol. The number of nitrogens with zero attached hydrogens (tertiary/aromatic N) is 2. The van der Waals surface area contributed by atoms with Crippen molar-refractivity contribution in [2.24, 2.45) is 0 Å². The zero-order valence-corrected chi connectivity index (χ0v) is 13.8. The maximum atomic E-state index is 4.74. The third kappa shape index (κ3) is 4.46. The van der Waals surface area contributed by atoms with Crippen LogP contribution in [0.3, 0.4) is 0 Å². The summed E-state index contributed by atoms with van der Waals surface area (Å²) in [6.07, 6.45) is 3.07. The van der Waals surface area contributed by atoms with E-state index in [1.807, 2.05) is 6.07 Å². The van der Waals surface area contributed by atoms with E-state index in [2.05, 4.69) is 55.3 Å². The predicted octanol–water partition coefficient (Wildman–Crippen LogP) is 4.71. The summed E-state index contributed by atoms with van der Waals surface area (Å²) >= 11 is 1.71. The minimum absolute atomic E-state index is 0.920. The molecule has 1 heterocycles. The first-order valence-electron chi connectivity index (χ1n) is 7.58. The van der Waals surface area contributed by atoms with Gasteiger partial charge in [-0.2, -0.15) is 0 Å². The minimum atomic E-state index is 0.920. The molecule has 0 saturated heterocycles. The first-order valence-corrected chi connectivity index (χ1v) is 8.40. The van der Waals surface area contributed by atoms with Gasteiger partial charge in [-0.25, -0.2) is 9.97 Å². The van der Waals surface area contributed by atoms with Gasteiger partial charge in [-0.3, -0.25) is 0 Å². The fourth-order valence-electron chi connectivity index (χ4n) is 1.99. The third-order valence-electron chi connectivity index (χ3n) is 3.12. The average Bonchev–Trinajstić information content (AvgIpc) is 2.50. The van der Waals surface area contributed by atoms with E-state index in [-0.39, 0.29) is 0 Å². The van der Waals surface area contributed by atoms with Crippen molar-refractivity contribution in [2.75, 3.05) is 11.9 Å². The Labute approximate surface area is 131 Å². The Balaban J connectivity index is 2.31. The molecule has 21 heavy (non-hydrogen) atoms. The molecule has 2 aromatic rings. The van der Waals surface area contributed by atoms with E-state index in [9.17, 15) is 0 Å². The van der Waals surface area contributed by atoms with Gasteiger partial charge < -0.3 is 5.32 Å². The fraction of sp³-hybridized carbons (Fsp3) is 0.412. The lowest BCUT2D eigenvalue weighted by Crippen LogP contribution is -2.08. The molecule has 0 aliphatic heterocycles. The molecule has 0 aliphatic carbocycles. The molecule has 0 bridgehead atoms. The molecule has 0 unspecified atom stereocenters. The lowest BCUT2D eigenvalue weighted by molar-refractivity contribution is 0.799. The fourth-order valence-corrected chi connectivity index (χ4v) is 2.91. The first-order chi connectivity index (χ1) is 10.2. The molecule has 2 rings (SSSR count). The number of benzene rings is 1. The Kier molecular flexibility index (Phi) is 6.05. The van der Waals surface area contributed by atoms with Gasteiger partial charge in [0.1, 0.15) is 16.7 Å². The van der Waals surface area contributed by atoms with Crippen LogP contribution in [0.4, 0.5) is 5.82 Å². The van der Waals surface area contributed by atoms with Crippen LogP contribution in [-0.4, -0.2) is 16.5 Å². The summed E-state index contributed by atoms with van der Waals surface area (Å²) in [6.45, 7) is 7.36. The van der Waals surface area contributed by atoms with Crippen molar-refractivity contribution in [3.05, 3.63) is 41.7 Å². The van der Waals surface area contributed by atoms with Crippen LogP contribution in [-0.2, 0) is 6.42 Å². The van der Waals surface area contributed by atoms with E-state index in [1.165, 1.54) is 4.90 Å². The summed E-state index contributed by atoms with van der Waals surface area (Å²) in [5, 5.41) is 4.48. The van der Waals surface area contributed by atoms with Crippen LogP contribution in [0.15, 0.2) is 40.3 Å². The highest BCUT2D eigenvalue weighted by Crippen LogP contribution is 2.31. The first kappa shape index (κ1) is 15.8. The van der Waals surface area contributed by atoms with Crippen LogP contribution in [0, 0.1) is 6.92 Å². The Bertz CT molecular complexity index is 570. The van der Waals surface area contributed by atoms with Crippen molar-refractivity contribution in [1.82, 2.24) is 9.97 Å². The topological polar surface area (TPSA) is 37.8 Å². The van der Waals surface area contributed by atoms with Crippen molar-refractivity contribution in [3.63, 3.8) is 0 Å². The van der Waals surface area contributed by atoms with Crippen LogP contribution in [0.1, 0.15) is 38.1 Å². The van der Waals surface area contributed by atoms with Crippen LogP contribution < -0.4 is 5.32 Å². The monoisotopic (exact) mass is 301 g/mol. The number of aromatic nitrogens is 2. The van der Waals surface area contributed by atoms with Crippen LogP contribution in [0.2, 0.25) is 0 Å². The van der Waals surface area contributed by atoms with Crippen molar-refractivity contribution in [3.8, 4) is 0 Å². The van der Waals surface area contributed by atoms with Crippen molar-refractivity contribution >= 4 is 17.6 Å². The molecule has 1 N–H and O–H groups in total. The van der Waals surface area contributed by atoms with Gasteiger partial charge in [-0.05, 0) is 31.9 Å². The molecule has 0 saturated carbocycles. The van der Waals surface area contributed by atoms with E-state index in [0.717, 1.165) is 48.0 Å². The zero-order chi connectivity index (χ0) is 15.1. The third-order valence-corrected chi connectivity index (χ3v) is 4.22. The number of hydrogen-bond acceptors (Lipinski definition) is 4. The molecule has 0 fully saturated rings. The Hall–Kier alpha value is -1.55. The smallest absolute Gasteiger partial charge is 0.133 e. The molecule has 4 heteroatoms. The number of hydrogen-bond donors (Lipinski definition) is 1. The molecule has 1 aromatic carbocycles. The molecule has 0 amide bonds. The van der Waals surface area contributed by atoms with E-state index in [4.69, 9.17) is 4.98 Å². The summed E-state index contributed by atoms with van der Waals surface area (Å²) in [5.41, 5.74) is 1.14. The number of aryl methyl sites for hydroxylation is 1. The normalized spacial score (nSPS) is 10.6. The molecular formula is C17H23N3S. The van der Waals surface area contributed by atoms with Crippen LogP contribution >= 0.6 is 11.8 Å². The van der Waals surface area contributed by atoms with Gasteiger partial charge >= 0.3 is 0 Å². The molecule has 1 aromatic heterocycles. The highest BCUT2D eigenvalue weighted by Gasteiger charge is 2.11. The quantitative estimate of drug-likeness (QED) is 0.752. The summed E-state index contributed by atoms with van der Waals surface area (Å²) in [4.78, 5) is 10.6. The van der Waals surface area contributed by atoms with Gasteiger partial charge in [0.05, 0.1) is 0 Å². The van der Waals surface area contributed by atoms with E-state index in [0.29, 0.717) is 0 Å². The van der Waals surface area contributed by atoms with Gasteiger partial charge in [0.25, 0.3) is 0 Å². The standard InChI is InChI=1S/C17H23N3S/c1-4-9-15-19-16(18-12-5-2)13(3)17(20-15)21-14-10-7-6-8-11-14/h6-8,10-11H,4-5,9,12H2,1-3H3,(H,18,19,20). The summed E-state index contributed by atoms with van der Waals surface area (Å²) in [7, 11) is 0. The van der Waals surface area contributed by atoms with Crippen molar-refractivity contribution < 1.29 is 0 Å². The lowest BCUT2D eigenvalue weighted by atomic mass is 10.3. The SMILES string of the molecule is CCCNc1nc(CCC)nc(Sc2ccccc2)c1C. The summed E-state index contributed by atoms with van der Waals surface area (Å²) < 4.78 is 0. The second-order valence-electron chi connectivity index (χ2n) is 5.01. The van der Waals surface area contributed by atoms with Gasteiger partial charge in [-0.15, -0.1) is 0 Å². The van der Waals surface area contributed by atoms with E-state index >= 15 is 0 Å². The van der Waals surface area contributed by atoms with Crippen LogP contribution in [0.25, 0.3) is 0 Å². The van der Waals surface area contributed by atoms with Gasteiger partial charge in [0.15, 0.2) is 0 Å². The van der Waals surface area contributed by atoms with E-state index < -0.39 is 0 Å². The maximum Gasteiger partial charge on any atom is 0.133 e. The van der Waals surface area contributed by atoms with E-state index in [1.54, 1.807) is 11.8 Å². The summed E-state index contributed by atoms with van der Waals surface area (Å²) in [6, 6.07) is 10.4. The number of rotatable bonds is 7. The second kappa shape index (κ2) is 8.03. The molecule has 0 radical (unpaired) electrons. The minimum Gasteiger partial charge on any atom is -0.370 e. The largest absolute Gasteiger partial charge is 0.370 e. The highest BCUT2D eigenvalue weighted by molar-refractivity contribution is 7.99. The van der Waals surface area contributed by atoms with Gasteiger partial charge in [-0.1, -0.05) is 43.8 Å². The van der Waals surface area contributed by atoms with Crippen molar-refractivity contribution in [1.29, 1.82) is 0 Å². The Morgan fingerprint density at radius 3 is 2.48 bits per heavy atom. The lowest BCUT2D eigenvalue weighted by Gasteiger charge is -2.13. The van der Waals surface area contributed by atoms with Gasteiger partial charge in [0, 0.05) is 23.4 Å².